The highest BCUT2D eigenvalue weighted by Gasteiger charge is 2.05. The zero-order valence-electron chi connectivity index (χ0n) is 8.01. The molecule has 0 aliphatic heterocycles. The van der Waals surface area contributed by atoms with E-state index in [0.717, 1.165) is 17.7 Å². The lowest BCUT2D eigenvalue weighted by atomic mass is 10.0. The molecule has 1 aromatic carbocycles. The molecule has 1 atom stereocenters. The first-order chi connectivity index (χ1) is 6.63. The van der Waals surface area contributed by atoms with Gasteiger partial charge < -0.3 is 0 Å². The second-order valence-corrected chi connectivity index (χ2v) is 3.78. The Morgan fingerprint density at radius 3 is 2.43 bits per heavy atom. The number of benzene rings is 1. The molecule has 0 aliphatic carbocycles. The van der Waals surface area contributed by atoms with Crippen LogP contribution < -0.4 is 0 Å². The van der Waals surface area contributed by atoms with E-state index in [1.165, 1.54) is 0 Å². The van der Waals surface area contributed by atoms with Crippen molar-refractivity contribution in [3.8, 4) is 0 Å². The molecule has 0 amide bonds. The molecule has 1 unspecified atom stereocenters. The minimum atomic E-state index is -0.383. The number of non-ortho nitro benzene ring substituents is 1. The molecule has 0 spiro atoms. The van der Waals surface area contributed by atoms with Gasteiger partial charge in [-0.2, -0.15) is 12.6 Å². The van der Waals surface area contributed by atoms with Gasteiger partial charge in [-0.25, -0.2) is 0 Å². The highest BCUT2D eigenvalue weighted by molar-refractivity contribution is 7.80. The van der Waals surface area contributed by atoms with Gasteiger partial charge in [-0.15, -0.1) is 0 Å². The normalized spacial score (nSPS) is 12.4. The second kappa shape index (κ2) is 5.00. The van der Waals surface area contributed by atoms with E-state index in [2.05, 4.69) is 19.6 Å². The standard InChI is InChI=1S/C10H13NO2S/c1-8(7-14)6-9-2-4-10(5-3-9)11(12)13/h2-5,8,14H,6-7H2,1H3. The summed E-state index contributed by atoms with van der Waals surface area (Å²) in [6, 6.07) is 6.69. The molecule has 0 fully saturated rings. The van der Waals surface area contributed by atoms with Crippen molar-refractivity contribution in [2.75, 3.05) is 5.75 Å². The Hall–Kier alpha value is -1.03. The fraction of sp³-hybridized carbons (Fsp3) is 0.400. The van der Waals surface area contributed by atoms with Crippen molar-refractivity contribution in [3.05, 3.63) is 39.9 Å². The van der Waals surface area contributed by atoms with Crippen LogP contribution in [0.25, 0.3) is 0 Å². The summed E-state index contributed by atoms with van der Waals surface area (Å²) >= 11 is 4.19. The first kappa shape index (κ1) is 11.0. The molecule has 0 bridgehead atoms. The van der Waals surface area contributed by atoms with Gasteiger partial charge in [0.1, 0.15) is 0 Å². The molecule has 1 rings (SSSR count). The summed E-state index contributed by atoms with van der Waals surface area (Å²) in [5.74, 6) is 1.33. The largest absolute Gasteiger partial charge is 0.269 e. The van der Waals surface area contributed by atoms with Gasteiger partial charge in [-0.1, -0.05) is 19.1 Å². The van der Waals surface area contributed by atoms with Crippen LogP contribution in [-0.2, 0) is 6.42 Å². The van der Waals surface area contributed by atoms with Gasteiger partial charge in [0, 0.05) is 12.1 Å². The van der Waals surface area contributed by atoms with Crippen LogP contribution in [-0.4, -0.2) is 10.7 Å². The molecule has 14 heavy (non-hydrogen) atoms. The van der Waals surface area contributed by atoms with Crippen molar-refractivity contribution in [2.45, 2.75) is 13.3 Å². The third-order valence-electron chi connectivity index (χ3n) is 2.04. The van der Waals surface area contributed by atoms with Crippen molar-refractivity contribution in [2.24, 2.45) is 5.92 Å². The number of nitrogens with zero attached hydrogens (tertiary/aromatic N) is 1. The zero-order chi connectivity index (χ0) is 10.6. The summed E-state index contributed by atoms with van der Waals surface area (Å²) in [5.41, 5.74) is 1.27. The topological polar surface area (TPSA) is 43.1 Å². The van der Waals surface area contributed by atoms with Crippen molar-refractivity contribution in [3.63, 3.8) is 0 Å². The third kappa shape index (κ3) is 3.03. The Balaban J connectivity index is 2.68. The molecule has 4 heteroatoms. The Labute approximate surface area is 88.7 Å². The van der Waals surface area contributed by atoms with Gasteiger partial charge in [0.2, 0.25) is 0 Å². The number of hydrogen-bond acceptors (Lipinski definition) is 3. The van der Waals surface area contributed by atoms with Crippen LogP contribution in [0.2, 0.25) is 0 Å². The predicted molar refractivity (Wildman–Crippen MR) is 59.8 cm³/mol. The summed E-state index contributed by atoms with van der Waals surface area (Å²) < 4.78 is 0. The highest BCUT2D eigenvalue weighted by Crippen LogP contribution is 2.15. The average molecular weight is 211 g/mol. The lowest BCUT2D eigenvalue weighted by molar-refractivity contribution is -0.384. The fourth-order valence-electron chi connectivity index (χ4n) is 1.22. The molecule has 0 aromatic heterocycles. The van der Waals surface area contributed by atoms with Crippen molar-refractivity contribution < 1.29 is 4.92 Å². The van der Waals surface area contributed by atoms with Crippen LogP contribution in [0.3, 0.4) is 0 Å². The maximum atomic E-state index is 10.4. The number of nitro groups is 1. The van der Waals surface area contributed by atoms with Crippen molar-refractivity contribution in [1.82, 2.24) is 0 Å². The summed E-state index contributed by atoms with van der Waals surface area (Å²) in [7, 11) is 0. The van der Waals surface area contributed by atoms with Gasteiger partial charge in [0.25, 0.3) is 5.69 Å². The van der Waals surface area contributed by atoms with Gasteiger partial charge in [0.05, 0.1) is 4.92 Å². The molecule has 0 saturated heterocycles. The number of rotatable bonds is 4. The van der Waals surface area contributed by atoms with Crippen molar-refractivity contribution >= 4 is 18.3 Å². The minimum Gasteiger partial charge on any atom is -0.258 e. The monoisotopic (exact) mass is 211 g/mol. The predicted octanol–water partition coefficient (Wildman–Crippen LogP) is 2.70. The average Bonchev–Trinajstić information content (AvgIpc) is 2.18. The molecule has 0 saturated carbocycles. The van der Waals surface area contributed by atoms with E-state index in [9.17, 15) is 10.1 Å². The van der Waals surface area contributed by atoms with Gasteiger partial charge in [-0.05, 0) is 23.7 Å². The first-order valence-electron chi connectivity index (χ1n) is 4.47. The highest BCUT2D eigenvalue weighted by atomic mass is 32.1. The molecule has 0 heterocycles. The molecule has 1 aromatic rings. The van der Waals surface area contributed by atoms with Crippen LogP contribution in [0.15, 0.2) is 24.3 Å². The maximum Gasteiger partial charge on any atom is 0.269 e. The van der Waals surface area contributed by atoms with Gasteiger partial charge in [-0.3, -0.25) is 10.1 Å². The van der Waals surface area contributed by atoms with E-state index in [0.29, 0.717) is 5.92 Å². The molecule has 0 aliphatic rings. The van der Waals surface area contributed by atoms with Crippen LogP contribution in [0.1, 0.15) is 12.5 Å². The summed E-state index contributed by atoms with van der Waals surface area (Å²) in [6.45, 7) is 2.11. The van der Waals surface area contributed by atoms with Crippen LogP contribution >= 0.6 is 12.6 Å². The quantitative estimate of drug-likeness (QED) is 0.472. The number of hydrogen-bond donors (Lipinski definition) is 1. The zero-order valence-corrected chi connectivity index (χ0v) is 8.91. The van der Waals surface area contributed by atoms with E-state index >= 15 is 0 Å². The summed E-state index contributed by atoms with van der Waals surface area (Å²) in [4.78, 5) is 10.0. The van der Waals surface area contributed by atoms with Gasteiger partial charge in [0.15, 0.2) is 0 Å². The summed E-state index contributed by atoms with van der Waals surface area (Å²) in [5, 5.41) is 10.4. The Morgan fingerprint density at radius 1 is 1.43 bits per heavy atom. The molecular weight excluding hydrogens is 198 g/mol. The second-order valence-electron chi connectivity index (χ2n) is 3.42. The molecular formula is C10H13NO2S. The Kier molecular flexibility index (Phi) is 3.95. The van der Waals surface area contributed by atoms with E-state index < -0.39 is 0 Å². The first-order valence-corrected chi connectivity index (χ1v) is 5.11. The van der Waals surface area contributed by atoms with Crippen LogP contribution in [0, 0.1) is 16.0 Å². The van der Waals surface area contributed by atoms with Crippen LogP contribution in [0.4, 0.5) is 5.69 Å². The maximum absolute atomic E-state index is 10.4. The fourth-order valence-corrected chi connectivity index (χ4v) is 1.35. The molecule has 0 radical (unpaired) electrons. The van der Waals surface area contributed by atoms with Crippen molar-refractivity contribution in [1.29, 1.82) is 0 Å². The Bertz CT molecular complexity index is 310. The lowest BCUT2D eigenvalue weighted by Gasteiger charge is -2.06. The SMILES string of the molecule is CC(CS)Cc1ccc([N+](=O)[O-])cc1. The molecule has 0 N–H and O–H groups in total. The number of nitro benzene ring substituents is 1. The van der Waals surface area contributed by atoms with E-state index in [1.54, 1.807) is 24.3 Å². The minimum absolute atomic E-state index is 0.146. The molecule has 76 valence electrons. The van der Waals surface area contributed by atoms with E-state index in [1.807, 2.05) is 0 Å². The summed E-state index contributed by atoms with van der Waals surface area (Å²) in [6.07, 6.45) is 0.918. The smallest absolute Gasteiger partial charge is 0.258 e. The Morgan fingerprint density at radius 2 is 2.00 bits per heavy atom. The van der Waals surface area contributed by atoms with E-state index in [4.69, 9.17) is 0 Å². The molecule has 3 nitrogen and oxygen atoms in total. The van der Waals surface area contributed by atoms with E-state index in [-0.39, 0.29) is 10.6 Å². The van der Waals surface area contributed by atoms with Crippen LogP contribution in [0.5, 0.6) is 0 Å². The number of thiol groups is 1. The lowest BCUT2D eigenvalue weighted by Crippen LogP contribution is -2.00. The van der Waals surface area contributed by atoms with Gasteiger partial charge >= 0.3 is 0 Å². The third-order valence-corrected chi connectivity index (χ3v) is 2.67.